The highest BCUT2D eigenvalue weighted by Gasteiger charge is 2.33. The van der Waals surface area contributed by atoms with Crippen LogP contribution in [-0.2, 0) is 9.47 Å². The number of amides is 1. The number of ether oxygens (including phenoxy) is 2. The Labute approximate surface area is 205 Å². The SMILES string of the molecule is CC(C)(C)OC(=O)c1c(C2CCCN(C(=O)OC(C)(C)C)C2)cc(-c2c(O)cccc2O)nc1N. The number of benzene rings is 1. The Balaban J connectivity index is 2.10. The molecular formula is C26H35N3O6. The smallest absolute Gasteiger partial charge is 0.410 e. The lowest BCUT2D eigenvalue weighted by molar-refractivity contribution is 0.00682. The maximum Gasteiger partial charge on any atom is 0.410 e. The number of esters is 1. The maximum absolute atomic E-state index is 13.2. The van der Waals surface area contributed by atoms with Crippen molar-refractivity contribution in [2.75, 3.05) is 18.8 Å². The normalized spacial score (nSPS) is 16.6. The van der Waals surface area contributed by atoms with E-state index in [1.54, 1.807) is 31.7 Å². The van der Waals surface area contributed by atoms with E-state index in [0.29, 0.717) is 31.5 Å². The van der Waals surface area contributed by atoms with Gasteiger partial charge in [0, 0.05) is 19.0 Å². The number of pyridine rings is 1. The predicted molar refractivity (Wildman–Crippen MR) is 132 cm³/mol. The van der Waals surface area contributed by atoms with Crippen LogP contribution in [0, 0.1) is 0 Å². The van der Waals surface area contributed by atoms with Crippen LogP contribution in [0.4, 0.5) is 10.6 Å². The van der Waals surface area contributed by atoms with Gasteiger partial charge in [0.05, 0.1) is 11.3 Å². The first-order valence-electron chi connectivity index (χ1n) is 11.7. The number of aromatic hydroxyl groups is 2. The van der Waals surface area contributed by atoms with Gasteiger partial charge in [0.25, 0.3) is 0 Å². The number of likely N-dealkylation sites (tertiary alicyclic amines) is 1. The van der Waals surface area contributed by atoms with Gasteiger partial charge >= 0.3 is 12.1 Å². The highest BCUT2D eigenvalue weighted by molar-refractivity contribution is 5.97. The van der Waals surface area contributed by atoms with Crippen LogP contribution in [0.25, 0.3) is 11.3 Å². The van der Waals surface area contributed by atoms with Crippen LogP contribution in [0.15, 0.2) is 24.3 Å². The summed E-state index contributed by atoms with van der Waals surface area (Å²) in [5.41, 5.74) is 5.87. The van der Waals surface area contributed by atoms with E-state index in [2.05, 4.69) is 4.98 Å². The van der Waals surface area contributed by atoms with Gasteiger partial charge < -0.3 is 30.3 Å². The van der Waals surface area contributed by atoms with E-state index < -0.39 is 23.3 Å². The summed E-state index contributed by atoms with van der Waals surface area (Å²) in [6, 6.07) is 6.00. The zero-order valence-electron chi connectivity index (χ0n) is 21.2. The zero-order chi connectivity index (χ0) is 26.1. The molecule has 1 aromatic carbocycles. The third-order valence-electron chi connectivity index (χ3n) is 5.47. The second kappa shape index (κ2) is 9.64. The first-order valence-corrected chi connectivity index (χ1v) is 11.7. The average molecular weight is 486 g/mol. The number of hydrogen-bond acceptors (Lipinski definition) is 8. The van der Waals surface area contributed by atoms with E-state index in [1.807, 2.05) is 20.8 Å². The number of aromatic nitrogens is 1. The molecule has 9 heteroatoms. The van der Waals surface area contributed by atoms with Crippen molar-refractivity contribution in [2.45, 2.75) is 71.5 Å². The Morgan fingerprint density at radius 2 is 1.66 bits per heavy atom. The van der Waals surface area contributed by atoms with Gasteiger partial charge in [-0.25, -0.2) is 14.6 Å². The van der Waals surface area contributed by atoms with Gasteiger partial charge in [-0.2, -0.15) is 0 Å². The minimum absolute atomic E-state index is 0.0798. The molecule has 2 aromatic rings. The van der Waals surface area contributed by atoms with Gasteiger partial charge in [-0.1, -0.05) is 6.07 Å². The summed E-state index contributed by atoms with van der Waals surface area (Å²) in [5.74, 6) is -1.32. The van der Waals surface area contributed by atoms with Gasteiger partial charge in [-0.15, -0.1) is 0 Å². The quantitative estimate of drug-likeness (QED) is 0.527. The molecule has 3 rings (SSSR count). The van der Waals surface area contributed by atoms with E-state index in [0.717, 1.165) is 0 Å². The molecule has 0 saturated carbocycles. The Morgan fingerprint density at radius 1 is 1.06 bits per heavy atom. The lowest BCUT2D eigenvalue weighted by atomic mass is 9.86. The van der Waals surface area contributed by atoms with Crippen molar-refractivity contribution in [1.29, 1.82) is 0 Å². The summed E-state index contributed by atoms with van der Waals surface area (Å²) in [4.78, 5) is 31.9. The molecular weight excluding hydrogens is 450 g/mol. The summed E-state index contributed by atoms with van der Waals surface area (Å²) in [6.45, 7) is 11.5. The van der Waals surface area contributed by atoms with Crippen molar-refractivity contribution in [1.82, 2.24) is 9.88 Å². The third-order valence-corrected chi connectivity index (χ3v) is 5.47. The summed E-state index contributed by atoms with van der Waals surface area (Å²) in [6.07, 6.45) is 0.948. The molecule has 1 unspecified atom stereocenters. The molecule has 1 amide bonds. The molecule has 2 heterocycles. The fourth-order valence-electron chi connectivity index (χ4n) is 4.10. The Bertz CT molecular complexity index is 1100. The number of carbonyl (C=O) groups excluding carboxylic acids is 2. The van der Waals surface area contributed by atoms with Crippen LogP contribution in [0.3, 0.4) is 0 Å². The molecule has 0 bridgehead atoms. The van der Waals surface area contributed by atoms with Gasteiger partial charge in [0.15, 0.2) is 0 Å². The molecule has 190 valence electrons. The number of nitrogen functional groups attached to an aromatic ring is 1. The average Bonchev–Trinajstić information content (AvgIpc) is 2.70. The van der Waals surface area contributed by atoms with Crippen molar-refractivity contribution in [3.8, 4) is 22.8 Å². The summed E-state index contributed by atoms with van der Waals surface area (Å²) < 4.78 is 11.2. The van der Waals surface area contributed by atoms with Crippen LogP contribution in [0.1, 0.15) is 76.2 Å². The second-order valence-corrected chi connectivity index (χ2v) is 10.8. The second-order valence-electron chi connectivity index (χ2n) is 10.8. The van der Waals surface area contributed by atoms with Crippen LogP contribution >= 0.6 is 0 Å². The fourth-order valence-corrected chi connectivity index (χ4v) is 4.10. The summed E-state index contributed by atoms with van der Waals surface area (Å²) >= 11 is 0. The molecule has 1 aliphatic rings. The van der Waals surface area contributed by atoms with Crippen LogP contribution in [0.5, 0.6) is 11.5 Å². The predicted octanol–water partition coefficient (Wildman–Crippen LogP) is 4.81. The molecule has 1 saturated heterocycles. The van der Waals surface area contributed by atoms with Gasteiger partial charge in [0.1, 0.15) is 34.1 Å². The van der Waals surface area contributed by atoms with Crippen molar-refractivity contribution < 1.29 is 29.3 Å². The molecule has 9 nitrogen and oxygen atoms in total. The molecule has 1 aromatic heterocycles. The Hall–Kier alpha value is -3.49. The largest absolute Gasteiger partial charge is 0.507 e. The first-order chi connectivity index (χ1) is 16.2. The van der Waals surface area contributed by atoms with Crippen molar-refractivity contribution in [3.05, 3.63) is 35.4 Å². The number of piperidine rings is 1. The fraction of sp³-hybridized carbons (Fsp3) is 0.500. The number of nitrogens with two attached hydrogens (primary N) is 1. The molecule has 4 N–H and O–H groups in total. The number of anilines is 1. The number of nitrogens with zero attached hydrogens (tertiary/aromatic N) is 2. The van der Waals surface area contributed by atoms with Crippen LogP contribution in [0.2, 0.25) is 0 Å². The van der Waals surface area contributed by atoms with E-state index in [-0.39, 0.29) is 40.1 Å². The summed E-state index contributed by atoms with van der Waals surface area (Å²) in [7, 11) is 0. The Morgan fingerprint density at radius 3 is 2.23 bits per heavy atom. The molecule has 35 heavy (non-hydrogen) atoms. The first kappa shape index (κ1) is 26.1. The molecule has 1 atom stereocenters. The highest BCUT2D eigenvalue weighted by Crippen LogP contribution is 2.40. The minimum atomic E-state index is -0.759. The van der Waals surface area contributed by atoms with Crippen molar-refractivity contribution in [2.24, 2.45) is 0 Å². The topological polar surface area (TPSA) is 135 Å². The van der Waals surface area contributed by atoms with E-state index in [4.69, 9.17) is 15.2 Å². The highest BCUT2D eigenvalue weighted by atomic mass is 16.6. The van der Waals surface area contributed by atoms with Crippen LogP contribution < -0.4 is 5.73 Å². The monoisotopic (exact) mass is 485 g/mol. The minimum Gasteiger partial charge on any atom is -0.507 e. The number of hydrogen-bond donors (Lipinski definition) is 3. The molecule has 1 aliphatic heterocycles. The zero-order valence-corrected chi connectivity index (χ0v) is 21.2. The van der Waals surface area contributed by atoms with Gasteiger partial charge in [-0.05, 0) is 78.1 Å². The lowest BCUT2D eigenvalue weighted by Crippen LogP contribution is -2.42. The van der Waals surface area contributed by atoms with E-state index in [1.165, 1.54) is 18.2 Å². The molecule has 1 fully saturated rings. The van der Waals surface area contributed by atoms with Crippen molar-refractivity contribution >= 4 is 17.9 Å². The molecule has 0 spiro atoms. The van der Waals surface area contributed by atoms with Crippen molar-refractivity contribution in [3.63, 3.8) is 0 Å². The molecule has 0 aliphatic carbocycles. The van der Waals surface area contributed by atoms with E-state index in [9.17, 15) is 19.8 Å². The number of phenolic OH excluding ortho intramolecular Hbond substituents is 2. The van der Waals surface area contributed by atoms with Crippen LogP contribution in [-0.4, -0.2) is 56.5 Å². The molecule has 0 radical (unpaired) electrons. The van der Waals surface area contributed by atoms with Gasteiger partial charge in [-0.3, -0.25) is 0 Å². The number of phenols is 2. The maximum atomic E-state index is 13.2. The van der Waals surface area contributed by atoms with E-state index >= 15 is 0 Å². The Kier molecular flexibility index (Phi) is 7.19. The van der Waals surface area contributed by atoms with Gasteiger partial charge in [0.2, 0.25) is 0 Å². The number of carbonyl (C=O) groups is 2. The summed E-state index contributed by atoms with van der Waals surface area (Å²) in [5, 5.41) is 20.8. The standard InChI is InChI=1S/C26H35N3O6/c1-25(2,3)34-23(32)20-16(15-9-8-12-29(14-15)24(33)35-26(4,5)6)13-17(28-22(20)27)21-18(30)10-7-11-19(21)31/h7,10-11,13,15,30-31H,8-9,12,14H2,1-6H3,(H2,27,28). The lowest BCUT2D eigenvalue weighted by Gasteiger charge is -2.35. The third kappa shape index (κ3) is 6.35. The number of rotatable bonds is 3.